The van der Waals surface area contributed by atoms with Crippen LogP contribution in [0, 0.1) is 5.82 Å². The van der Waals surface area contributed by atoms with Crippen LogP contribution in [-0.2, 0) is 4.79 Å². The van der Waals surface area contributed by atoms with Gasteiger partial charge in [0.1, 0.15) is 0 Å². The molecule has 2 atom stereocenters. The van der Waals surface area contributed by atoms with Gasteiger partial charge in [-0.1, -0.05) is 19.1 Å². The summed E-state index contributed by atoms with van der Waals surface area (Å²) >= 11 is 0. The third-order valence-electron chi connectivity index (χ3n) is 4.26. The first-order valence-electron chi connectivity index (χ1n) is 8.09. The molecule has 1 N–H and O–H groups in total. The first kappa shape index (κ1) is 17.7. The van der Waals surface area contributed by atoms with E-state index in [1.54, 1.807) is 12.1 Å². The third kappa shape index (κ3) is 4.91. The van der Waals surface area contributed by atoms with E-state index in [0.717, 1.165) is 19.6 Å². The molecule has 1 fully saturated rings. The highest BCUT2D eigenvalue weighted by Gasteiger charge is 2.25. The second-order valence-electron chi connectivity index (χ2n) is 6.09. The van der Waals surface area contributed by atoms with Crippen LogP contribution in [0.15, 0.2) is 24.3 Å². The summed E-state index contributed by atoms with van der Waals surface area (Å²) in [7, 11) is 4.15. The summed E-state index contributed by atoms with van der Waals surface area (Å²) < 4.78 is 19.2. The topological polar surface area (TPSA) is 44.8 Å². The highest BCUT2D eigenvalue weighted by atomic mass is 19.1. The van der Waals surface area contributed by atoms with Gasteiger partial charge >= 0.3 is 0 Å². The molecule has 5 nitrogen and oxygen atoms in total. The van der Waals surface area contributed by atoms with Gasteiger partial charge in [-0.05, 0) is 32.6 Å². The number of hydrogen-bond acceptors (Lipinski definition) is 4. The highest BCUT2D eigenvalue weighted by molar-refractivity contribution is 5.81. The molecule has 1 aromatic rings. The SMILES string of the molecule is CC[C@H](Oc1ccccc1F)C(=O)NC[C@H]1CN(C)CCN1C. The Hall–Kier alpha value is -1.66. The number of benzene rings is 1. The number of hydrogen-bond donors (Lipinski definition) is 1. The molecule has 1 aromatic carbocycles. The van der Waals surface area contributed by atoms with Crippen LogP contribution in [0.2, 0.25) is 0 Å². The molecule has 0 spiro atoms. The van der Waals surface area contributed by atoms with E-state index in [2.05, 4.69) is 29.2 Å². The molecule has 1 amide bonds. The zero-order valence-electron chi connectivity index (χ0n) is 14.1. The van der Waals surface area contributed by atoms with E-state index in [4.69, 9.17) is 4.74 Å². The Bertz CT molecular complexity index is 526. The maximum Gasteiger partial charge on any atom is 0.261 e. The number of piperazine rings is 1. The number of rotatable bonds is 6. The minimum atomic E-state index is -0.682. The van der Waals surface area contributed by atoms with Crippen LogP contribution < -0.4 is 10.1 Å². The molecular formula is C17H26FN3O2. The van der Waals surface area contributed by atoms with Crippen LogP contribution in [0.25, 0.3) is 0 Å². The fourth-order valence-electron chi connectivity index (χ4n) is 2.67. The minimum Gasteiger partial charge on any atom is -0.478 e. The maximum atomic E-state index is 13.7. The van der Waals surface area contributed by atoms with E-state index in [0.29, 0.717) is 13.0 Å². The molecule has 1 aliphatic rings. The maximum absolute atomic E-state index is 13.7. The summed E-state index contributed by atoms with van der Waals surface area (Å²) in [6.07, 6.45) is -0.195. The van der Waals surface area contributed by atoms with Crippen molar-refractivity contribution in [2.24, 2.45) is 0 Å². The average molecular weight is 323 g/mol. The molecule has 0 saturated carbocycles. The van der Waals surface area contributed by atoms with Crippen molar-refractivity contribution < 1.29 is 13.9 Å². The average Bonchev–Trinajstić information content (AvgIpc) is 2.54. The number of likely N-dealkylation sites (N-methyl/N-ethyl adjacent to an activating group) is 2. The van der Waals surface area contributed by atoms with E-state index in [1.165, 1.54) is 12.1 Å². The molecule has 0 radical (unpaired) electrons. The van der Waals surface area contributed by atoms with Crippen LogP contribution in [0.1, 0.15) is 13.3 Å². The Kier molecular flexibility index (Phi) is 6.36. The lowest BCUT2D eigenvalue weighted by Gasteiger charge is -2.37. The number of carbonyl (C=O) groups excluding carboxylic acids is 1. The van der Waals surface area contributed by atoms with Gasteiger partial charge in [0.25, 0.3) is 5.91 Å². The summed E-state index contributed by atoms with van der Waals surface area (Å²) in [5, 5.41) is 2.94. The largest absolute Gasteiger partial charge is 0.478 e. The van der Waals surface area contributed by atoms with Gasteiger partial charge in [0.2, 0.25) is 0 Å². The summed E-state index contributed by atoms with van der Waals surface area (Å²) in [4.78, 5) is 16.8. The number of nitrogens with one attached hydrogen (secondary N) is 1. The van der Waals surface area contributed by atoms with Gasteiger partial charge in [-0.3, -0.25) is 9.69 Å². The molecule has 128 valence electrons. The fourth-order valence-corrected chi connectivity index (χ4v) is 2.67. The monoisotopic (exact) mass is 323 g/mol. The van der Waals surface area contributed by atoms with Crippen molar-refractivity contribution in [3.63, 3.8) is 0 Å². The number of carbonyl (C=O) groups is 1. The predicted octanol–water partition coefficient (Wildman–Crippen LogP) is 1.35. The smallest absolute Gasteiger partial charge is 0.261 e. The van der Waals surface area contributed by atoms with Gasteiger partial charge in [-0.2, -0.15) is 0 Å². The first-order valence-corrected chi connectivity index (χ1v) is 8.09. The van der Waals surface area contributed by atoms with E-state index < -0.39 is 11.9 Å². The Morgan fingerprint density at radius 3 is 2.83 bits per heavy atom. The van der Waals surface area contributed by atoms with Gasteiger partial charge in [0.15, 0.2) is 17.7 Å². The van der Waals surface area contributed by atoms with Crippen LogP contribution >= 0.6 is 0 Å². The number of ether oxygens (including phenoxy) is 1. The van der Waals surface area contributed by atoms with E-state index in [-0.39, 0.29) is 17.7 Å². The molecule has 1 saturated heterocycles. The van der Waals surface area contributed by atoms with E-state index >= 15 is 0 Å². The lowest BCUT2D eigenvalue weighted by molar-refractivity contribution is -0.128. The Balaban J connectivity index is 1.88. The molecule has 2 rings (SSSR count). The number of para-hydroxylation sites is 1. The van der Waals surface area contributed by atoms with Gasteiger partial charge in [0, 0.05) is 32.2 Å². The Labute approximate surface area is 137 Å². The van der Waals surface area contributed by atoms with E-state index in [9.17, 15) is 9.18 Å². The van der Waals surface area contributed by atoms with Crippen LogP contribution in [0.5, 0.6) is 5.75 Å². The summed E-state index contributed by atoms with van der Waals surface area (Å²) in [6.45, 7) is 5.36. The molecule has 0 aliphatic carbocycles. The van der Waals surface area contributed by atoms with Crippen molar-refractivity contribution in [1.82, 2.24) is 15.1 Å². The van der Waals surface area contributed by atoms with Crippen molar-refractivity contribution in [2.45, 2.75) is 25.5 Å². The zero-order chi connectivity index (χ0) is 16.8. The molecular weight excluding hydrogens is 297 g/mol. The van der Waals surface area contributed by atoms with Crippen LogP contribution in [-0.4, -0.2) is 68.1 Å². The second kappa shape index (κ2) is 8.26. The first-order chi connectivity index (χ1) is 11.0. The zero-order valence-corrected chi connectivity index (χ0v) is 14.1. The van der Waals surface area contributed by atoms with Crippen molar-refractivity contribution >= 4 is 5.91 Å². The van der Waals surface area contributed by atoms with Gasteiger partial charge < -0.3 is 15.0 Å². The fraction of sp³-hybridized carbons (Fsp3) is 0.588. The van der Waals surface area contributed by atoms with Crippen molar-refractivity contribution in [3.05, 3.63) is 30.1 Å². The Morgan fingerprint density at radius 1 is 1.39 bits per heavy atom. The minimum absolute atomic E-state index is 0.115. The van der Waals surface area contributed by atoms with Gasteiger partial charge in [0.05, 0.1) is 0 Å². The molecule has 1 heterocycles. The van der Waals surface area contributed by atoms with E-state index in [1.807, 2.05) is 6.92 Å². The molecule has 0 unspecified atom stereocenters. The Morgan fingerprint density at radius 2 is 2.13 bits per heavy atom. The van der Waals surface area contributed by atoms with Crippen LogP contribution in [0.4, 0.5) is 4.39 Å². The summed E-state index contributed by atoms with van der Waals surface area (Å²) in [6, 6.07) is 6.43. The quantitative estimate of drug-likeness (QED) is 0.858. The summed E-state index contributed by atoms with van der Waals surface area (Å²) in [5.41, 5.74) is 0. The van der Waals surface area contributed by atoms with Crippen LogP contribution in [0.3, 0.4) is 0 Å². The van der Waals surface area contributed by atoms with Crippen molar-refractivity contribution in [1.29, 1.82) is 0 Å². The van der Waals surface area contributed by atoms with Crippen molar-refractivity contribution in [3.8, 4) is 5.75 Å². The highest BCUT2D eigenvalue weighted by Crippen LogP contribution is 2.18. The third-order valence-corrected chi connectivity index (χ3v) is 4.26. The lowest BCUT2D eigenvalue weighted by Crippen LogP contribution is -2.55. The molecule has 0 bridgehead atoms. The normalized spacial score (nSPS) is 21.0. The number of nitrogens with zero attached hydrogens (tertiary/aromatic N) is 2. The summed E-state index contributed by atoms with van der Waals surface area (Å²) in [5.74, 6) is -0.534. The number of halogens is 1. The van der Waals surface area contributed by atoms with Gasteiger partial charge in [-0.15, -0.1) is 0 Å². The number of amides is 1. The lowest BCUT2D eigenvalue weighted by atomic mass is 10.1. The molecule has 0 aromatic heterocycles. The molecule has 1 aliphatic heterocycles. The predicted molar refractivity (Wildman–Crippen MR) is 88.0 cm³/mol. The molecule has 6 heteroatoms. The standard InChI is InChI=1S/C17H26FN3O2/c1-4-15(23-16-8-6-5-7-14(16)18)17(22)19-11-13-12-20(2)9-10-21(13)3/h5-8,13,15H,4,9-12H2,1-3H3,(H,19,22)/t13-,15-/m0/s1. The molecule has 23 heavy (non-hydrogen) atoms. The second-order valence-corrected chi connectivity index (χ2v) is 6.09. The van der Waals surface area contributed by atoms with Crippen molar-refractivity contribution in [2.75, 3.05) is 40.3 Å². The van der Waals surface area contributed by atoms with Gasteiger partial charge in [-0.25, -0.2) is 4.39 Å².